The van der Waals surface area contributed by atoms with Crippen molar-refractivity contribution in [1.29, 1.82) is 0 Å². The van der Waals surface area contributed by atoms with Crippen LogP contribution >= 0.6 is 0 Å². The van der Waals surface area contributed by atoms with Crippen LogP contribution in [0.25, 0.3) is 0 Å². The molecule has 0 radical (unpaired) electrons. The molecule has 0 atom stereocenters. The number of hydrogen-bond donors (Lipinski definition) is 2. The molecule has 0 saturated carbocycles. The standard InChI is InChI=1S/C14H19FN6/c1-21(2)8-7-16-14-19-13(10-18-20-14)17-9-11-5-3-4-6-12(11)15/h3-6,10H,7-9H2,1-2H3,(H2,16,17,19,20). The monoisotopic (exact) mass is 290 g/mol. The van der Waals surface area contributed by atoms with Gasteiger partial charge >= 0.3 is 0 Å². The first-order valence-electron chi connectivity index (χ1n) is 6.71. The highest BCUT2D eigenvalue weighted by Crippen LogP contribution is 2.09. The van der Waals surface area contributed by atoms with Crippen molar-refractivity contribution >= 4 is 11.8 Å². The Morgan fingerprint density at radius 3 is 2.76 bits per heavy atom. The molecule has 0 unspecified atom stereocenters. The van der Waals surface area contributed by atoms with E-state index in [0.717, 1.165) is 13.1 Å². The third-order valence-electron chi connectivity index (χ3n) is 2.82. The molecule has 0 amide bonds. The fourth-order valence-electron chi connectivity index (χ4n) is 1.68. The molecule has 0 aliphatic heterocycles. The summed E-state index contributed by atoms with van der Waals surface area (Å²) in [6.45, 7) is 1.95. The Morgan fingerprint density at radius 2 is 2.00 bits per heavy atom. The SMILES string of the molecule is CN(C)CCNc1nncc(NCc2ccccc2F)n1. The van der Waals surface area contributed by atoms with E-state index in [2.05, 4.69) is 30.7 Å². The van der Waals surface area contributed by atoms with Crippen molar-refractivity contribution in [3.8, 4) is 0 Å². The fraction of sp³-hybridized carbons (Fsp3) is 0.357. The predicted molar refractivity (Wildman–Crippen MR) is 80.6 cm³/mol. The van der Waals surface area contributed by atoms with Gasteiger partial charge in [-0.15, -0.1) is 5.10 Å². The Bertz CT molecular complexity index is 575. The van der Waals surface area contributed by atoms with Crippen molar-refractivity contribution in [3.05, 3.63) is 41.8 Å². The summed E-state index contributed by atoms with van der Waals surface area (Å²) in [4.78, 5) is 6.33. The van der Waals surface area contributed by atoms with Crippen molar-refractivity contribution in [2.75, 3.05) is 37.8 Å². The summed E-state index contributed by atoms with van der Waals surface area (Å²) < 4.78 is 13.5. The summed E-state index contributed by atoms with van der Waals surface area (Å²) in [7, 11) is 3.99. The van der Waals surface area contributed by atoms with Crippen LogP contribution in [0.2, 0.25) is 0 Å². The first-order chi connectivity index (χ1) is 10.1. The molecule has 6 nitrogen and oxygen atoms in total. The minimum atomic E-state index is -0.239. The Balaban J connectivity index is 1.90. The average Bonchev–Trinajstić information content (AvgIpc) is 2.46. The molecule has 2 aromatic rings. The van der Waals surface area contributed by atoms with Crippen LogP contribution in [0.3, 0.4) is 0 Å². The van der Waals surface area contributed by atoms with Gasteiger partial charge < -0.3 is 15.5 Å². The van der Waals surface area contributed by atoms with Crippen molar-refractivity contribution in [2.45, 2.75) is 6.54 Å². The number of nitrogens with zero attached hydrogens (tertiary/aromatic N) is 4. The summed E-state index contributed by atoms with van der Waals surface area (Å²) in [5, 5.41) is 13.9. The average molecular weight is 290 g/mol. The molecular weight excluding hydrogens is 271 g/mol. The van der Waals surface area contributed by atoms with Gasteiger partial charge in [-0.25, -0.2) is 4.39 Å². The van der Waals surface area contributed by atoms with Gasteiger partial charge in [0.1, 0.15) is 5.82 Å². The molecule has 0 bridgehead atoms. The van der Waals surface area contributed by atoms with Crippen LogP contribution in [0.1, 0.15) is 5.56 Å². The molecule has 1 heterocycles. The van der Waals surface area contributed by atoms with Crippen molar-refractivity contribution in [3.63, 3.8) is 0 Å². The fourth-order valence-corrected chi connectivity index (χ4v) is 1.68. The van der Waals surface area contributed by atoms with Gasteiger partial charge in [-0.05, 0) is 20.2 Å². The van der Waals surface area contributed by atoms with E-state index in [9.17, 15) is 4.39 Å². The normalized spacial score (nSPS) is 10.7. The minimum absolute atomic E-state index is 0.239. The number of likely N-dealkylation sites (N-methyl/N-ethyl adjacent to an activating group) is 1. The van der Waals surface area contributed by atoms with Crippen LogP contribution in [0.15, 0.2) is 30.5 Å². The molecule has 112 valence electrons. The van der Waals surface area contributed by atoms with Crippen LogP contribution in [-0.4, -0.2) is 47.3 Å². The minimum Gasteiger partial charge on any atom is -0.364 e. The molecule has 2 rings (SSSR count). The van der Waals surface area contributed by atoms with E-state index in [1.54, 1.807) is 18.2 Å². The highest BCUT2D eigenvalue weighted by molar-refractivity contribution is 5.38. The molecule has 1 aromatic heterocycles. The molecule has 0 fully saturated rings. The summed E-state index contributed by atoms with van der Waals surface area (Å²) in [5.41, 5.74) is 0.582. The van der Waals surface area contributed by atoms with Gasteiger partial charge in [0.05, 0.1) is 6.20 Å². The number of anilines is 2. The van der Waals surface area contributed by atoms with Gasteiger partial charge in [0, 0.05) is 25.2 Å². The van der Waals surface area contributed by atoms with Crippen molar-refractivity contribution in [1.82, 2.24) is 20.1 Å². The lowest BCUT2D eigenvalue weighted by Gasteiger charge is -2.11. The quantitative estimate of drug-likeness (QED) is 0.807. The van der Waals surface area contributed by atoms with E-state index in [1.165, 1.54) is 12.3 Å². The van der Waals surface area contributed by atoms with Gasteiger partial charge in [0.25, 0.3) is 0 Å². The highest BCUT2D eigenvalue weighted by atomic mass is 19.1. The zero-order valence-electron chi connectivity index (χ0n) is 12.2. The summed E-state index contributed by atoms with van der Waals surface area (Å²) >= 11 is 0. The van der Waals surface area contributed by atoms with Gasteiger partial charge in [0.2, 0.25) is 5.95 Å². The van der Waals surface area contributed by atoms with E-state index in [1.807, 2.05) is 14.1 Å². The summed E-state index contributed by atoms with van der Waals surface area (Å²) in [6.07, 6.45) is 1.51. The van der Waals surface area contributed by atoms with E-state index < -0.39 is 0 Å². The zero-order chi connectivity index (χ0) is 15.1. The van der Waals surface area contributed by atoms with E-state index in [4.69, 9.17) is 0 Å². The number of aromatic nitrogens is 3. The molecular formula is C14H19FN6. The Kier molecular flexibility index (Phi) is 5.39. The first kappa shape index (κ1) is 15.1. The zero-order valence-corrected chi connectivity index (χ0v) is 12.2. The maximum atomic E-state index is 13.5. The number of benzene rings is 1. The maximum Gasteiger partial charge on any atom is 0.244 e. The van der Waals surface area contributed by atoms with Gasteiger partial charge in [0.15, 0.2) is 5.82 Å². The topological polar surface area (TPSA) is 66.0 Å². The molecule has 1 aromatic carbocycles. The van der Waals surface area contributed by atoms with Gasteiger partial charge in [-0.3, -0.25) is 0 Å². The second kappa shape index (κ2) is 7.49. The molecule has 21 heavy (non-hydrogen) atoms. The molecule has 0 spiro atoms. The first-order valence-corrected chi connectivity index (χ1v) is 6.71. The third kappa shape index (κ3) is 4.96. The van der Waals surface area contributed by atoms with Crippen LogP contribution in [-0.2, 0) is 6.54 Å². The number of halogens is 1. The highest BCUT2D eigenvalue weighted by Gasteiger charge is 2.03. The van der Waals surface area contributed by atoms with E-state index in [0.29, 0.717) is 23.9 Å². The smallest absolute Gasteiger partial charge is 0.244 e. The number of rotatable bonds is 7. The Morgan fingerprint density at radius 1 is 1.19 bits per heavy atom. The molecule has 0 saturated heterocycles. The predicted octanol–water partition coefficient (Wildman–Crippen LogP) is 1.60. The molecule has 2 N–H and O–H groups in total. The lowest BCUT2D eigenvalue weighted by molar-refractivity contribution is 0.425. The second-order valence-electron chi connectivity index (χ2n) is 4.84. The van der Waals surface area contributed by atoms with Gasteiger partial charge in [-0.2, -0.15) is 10.1 Å². The van der Waals surface area contributed by atoms with E-state index in [-0.39, 0.29) is 5.82 Å². The van der Waals surface area contributed by atoms with Crippen LogP contribution in [0, 0.1) is 5.82 Å². The Labute approximate surface area is 123 Å². The molecule has 0 aliphatic rings. The number of hydrogen-bond acceptors (Lipinski definition) is 6. The van der Waals surface area contributed by atoms with Crippen molar-refractivity contribution < 1.29 is 4.39 Å². The van der Waals surface area contributed by atoms with Gasteiger partial charge in [-0.1, -0.05) is 18.2 Å². The van der Waals surface area contributed by atoms with Crippen LogP contribution in [0.4, 0.5) is 16.2 Å². The van der Waals surface area contributed by atoms with Crippen LogP contribution < -0.4 is 10.6 Å². The lowest BCUT2D eigenvalue weighted by atomic mass is 10.2. The van der Waals surface area contributed by atoms with E-state index >= 15 is 0 Å². The summed E-state index contributed by atoms with van der Waals surface area (Å²) in [6, 6.07) is 6.63. The second-order valence-corrected chi connectivity index (χ2v) is 4.84. The summed E-state index contributed by atoms with van der Waals surface area (Å²) in [5.74, 6) is 0.771. The van der Waals surface area contributed by atoms with Crippen LogP contribution in [0.5, 0.6) is 0 Å². The third-order valence-corrected chi connectivity index (χ3v) is 2.82. The molecule has 0 aliphatic carbocycles. The lowest BCUT2D eigenvalue weighted by Crippen LogP contribution is -2.21. The largest absolute Gasteiger partial charge is 0.364 e. The maximum absolute atomic E-state index is 13.5. The Hall–Kier alpha value is -2.28. The number of nitrogens with one attached hydrogen (secondary N) is 2. The molecule has 7 heteroatoms. The van der Waals surface area contributed by atoms with Crippen molar-refractivity contribution in [2.24, 2.45) is 0 Å².